The summed E-state index contributed by atoms with van der Waals surface area (Å²) in [6.45, 7) is 4.49. The molecule has 1 N–H and O–H groups in total. The fourth-order valence-electron chi connectivity index (χ4n) is 1.73. The third-order valence-electron chi connectivity index (χ3n) is 2.73. The Morgan fingerprint density at radius 1 is 1.73 bits per heavy atom. The maximum atomic E-state index is 11.6. The number of carbonyl (C=O) groups excluding carboxylic acids is 1. The van der Waals surface area contributed by atoms with Crippen molar-refractivity contribution >= 4 is 5.91 Å². The number of nitrogens with zero attached hydrogens (tertiary/aromatic N) is 4. The highest BCUT2D eigenvalue weighted by Crippen LogP contribution is 2.25. The molecule has 0 aromatic heterocycles. The second kappa shape index (κ2) is 4.51. The number of rotatable bonds is 4. The van der Waals surface area contributed by atoms with Crippen LogP contribution in [-0.2, 0) is 4.79 Å². The first-order valence-electron chi connectivity index (χ1n) is 4.93. The molecule has 15 heavy (non-hydrogen) atoms. The predicted octanol–water partition coefficient (Wildman–Crippen LogP) is 0.916. The summed E-state index contributed by atoms with van der Waals surface area (Å²) in [6.07, 6.45) is 0.405. The second-order valence-corrected chi connectivity index (χ2v) is 4.46. The fourth-order valence-corrected chi connectivity index (χ4v) is 1.73. The van der Waals surface area contributed by atoms with Crippen LogP contribution < -0.4 is 0 Å². The molecule has 6 nitrogen and oxygen atoms in total. The highest BCUT2D eigenvalue weighted by Gasteiger charge is 2.37. The normalized spacial score (nSPS) is 21.7. The quantitative estimate of drug-likeness (QED) is 0.426. The average Bonchev–Trinajstić information content (AvgIpc) is 2.57. The van der Waals surface area contributed by atoms with Gasteiger partial charge in [0.15, 0.2) is 0 Å². The van der Waals surface area contributed by atoms with Crippen LogP contribution in [0.4, 0.5) is 0 Å². The monoisotopic (exact) mass is 212 g/mol. The minimum absolute atomic E-state index is 0.0205. The first kappa shape index (κ1) is 11.8. The van der Waals surface area contributed by atoms with Crippen molar-refractivity contribution in [2.24, 2.45) is 11.0 Å². The lowest BCUT2D eigenvalue weighted by Crippen LogP contribution is -2.47. The van der Waals surface area contributed by atoms with Crippen molar-refractivity contribution in [3.8, 4) is 0 Å². The van der Waals surface area contributed by atoms with Crippen molar-refractivity contribution in [1.82, 2.24) is 4.90 Å². The predicted molar refractivity (Wildman–Crippen MR) is 55.0 cm³/mol. The van der Waals surface area contributed by atoms with E-state index in [1.165, 1.54) is 0 Å². The molecule has 1 rings (SSSR count). The number of hydrogen-bond donors (Lipinski definition) is 1. The number of aliphatic hydroxyl groups excluding tert-OH is 1. The Balaban J connectivity index is 2.64. The number of aliphatic hydroxyl groups is 1. The summed E-state index contributed by atoms with van der Waals surface area (Å²) in [5.41, 5.74) is 7.66. The van der Waals surface area contributed by atoms with Gasteiger partial charge in [0.25, 0.3) is 0 Å². The van der Waals surface area contributed by atoms with Crippen molar-refractivity contribution in [1.29, 1.82) is 0 Å². The van der Waals surface area contributed by atoms with Gasteiger partial charge in [0.2, 0.25) is 5.91 Å². The highest BCUT2D eigenvalue weighted by molar-refractivity contribution is 5.79. The van der Waals surface area contributed by atoms with E-state index in [1.54, 1.807) is 4.90 Å². The van der Waals surface area contributed by atoms with Crippen LogP contribution in [0.5, 0.6) is 0 Å². The van der Waals surface area contributed by atoms with E-state index >= 15 is 0 Å². The molecule has 1 saturated heterocycles. The summed E-state index contributed by atoms with van der Waals surface area (Å²) in [5, 5.41) is 12.6. The molecule has 1 heterocycles. The van der Waals surface area contributed by atoms with Gasteiger partial charge in [-0.1, -0.05) is 5.11 Å². The number of amides is 1. The van der Waals surface area contributed by atoms with E-state index in [0.717, 1.165) is 0 Å². The topological polar surface area (TPSA) is 89.3 Å². The zero-order chi connectivity index (χ0) is 11.5. The zero-order valence-corrected chi connectivity index (χ0v) is 9.05. The Hall–Kier alpha value is -1.26. The van der Waals surface area contributed by atoms with Crippen LogP contribution in [0.3, 0.4) is 0 Å². The summed E-state index contributed by atoms with van der Waals surface area (Å²) in [7, 11) is 0. The molecule has 0 bridgehead atoms. The van der Waals surface area contributed by atoms with Gasteiger partial charge in [-0.2, -0.15) is 0 Å². The molecule has 0 saturated carbocycles. The number of azide groups is 1. The minimum Gasteiger partial charge on any atom is -0.394 e. The summed E-state index contributed by atoms with van der Waals surface area (Å²) in [5.74, 6) is 0.103. The average molecular weight is 212 g/mol. The molecule has 1 fully saturated rings. The lowest BCUT2D eigenvalue weighted by atomic mass is 10.1. The van der Waals surface area contributed by atoms with Crippen LogP contribution >= 0.6 is 0 Å². The Labute approximate surface area is 88.5 Å². The van der Waals surface area contributed by atoms with Gasteiger partial charge in [-0.3, -0.25) is 4.79 Å². The molecule has 1 atom stereocenters. The number of carbonyl (C=O) groups is 1. The van der Waals surface area contributed by atoms with Gasteiger partial charge in [-0.15, -0.1) is 0 Å². The van der Waals surface area contributed by atoms with Gasteiger partial charge in [0.05, 0.1) is 12.1 Å². The van der Waals surface area contributed by atoms with E-state index in [1.807, 2.05) is 13.8 Å². The standard InChI is InChI=1S/C9H16N4O2/c1-9(2,6-14)13-5-7(3-8(13)15)4-11-12-10/h7,14H,3-6H2,1-2H3. The molecule has 0 aromatic rings. The molecule has 0 radical (unpaired) electrons. The van der Waals surface area contributed by atoms with Gasteiger partial charge < -0.3 is 10.0 Å². The second-order valence-electron chi connectivity index (χ2n) is 4.46. The van der Waals surface area contributed by atoms with Crippen molar-refractivity contribution in [3.63, 3.8) is 0 Å². The number of hydrogen-bond acceptors (Lipinski definition) is 3. The molecule has 1 unspecified atom stereocenters. The van der Waals surface area contributed by atoms with Crippen LogP contribution in [0, 0.1) is 5.92 Å². The Morgan fingerprint density at radius 3 is 2.93 bits per heavy atom. The van der Waals surface area contributed by atoms with E-state index in [9.17, 15) is 4.79 Å². The third-order valence-corrected chi connectivity index (χ3v) is 2.73. The van der Waals surface area contributed by atoms with Crippen molar-refractivity contribution in [2.75, 3.05) is 19.7 Å². The first-order chi connectivity index (χ1) is 7.01. The van der Waals surface area contributed by atoms with Crippen LogP contribution in [-0.4, -0.2) is 41.1 Å². The molecule has 1 aliphatic heterocycles. The first-order valence-corrected chi connectivity index (χ1v) is 4.93. The lowest BCUT2D eigenvalue weighted by molar-refractivity contribution is -0.133. The SMILES string of the molecule is CC(C)(CO)N1CC(CN=[N+]=[N-])CC1=O. The van der Waals surface area contributed by atoms with E-state index < -0.39 is 5.54 Å². The van der Waals surface area contributed by atoms with Crippen molar-refractivity contribution in [2.45, 2.75) is 25.8 Å². The smallest absolute Gasteiger partial charge is 0.223 e. The minimum atomic E-state index is -0.526. The summed E-state index contributed by atoms with van der Waals surface area (Å²) < 4.78 is 0. The van der Waals surface area contributed by atoms with Crippen molar-refractivity contribution in [3.05, 3.63) is 10.4 Å². The van der Waals surface area contributed by atoms with Gasteiger partial charge >= 0.3 is 0 Å². The lowest BCUT2D eigenvalue weighted by Gasteiger charge is -2.34. The summed E-state index contributed by atoms with van der Waals surface area (Å²) >= 11 is 0. The van der Waals surface area contributed by atoms with Gasteiger partial charge in [0, 0.05) is 24.4 Å². The maximum absolute atomic E-state index is 11.6. The molecule has 84 valence electrons. The van der Waals surface area contributed by atoms with Gasteiger partial charge in [-0.05, 0) is 25.3 Å². The van der Waals surface area contributed by atoms with Gasteiger partial charge in [0.1, 0.15) is 0 Å². The molecule has 1 aliphatic rings. The van der Waals surface area contributed by atoms with Crippen molar-refractivity contribution < 1.29 is 9.90 Å². The Kier molecular flexibility index (Phi) is 3.55. The Morgan fingerprint density at radius 2 is 2.40 bits per heavy atom. The Bertz CT molecular complexity index is 296. The largest absolute Gasteiger partial charge is 0.394 e. The van der Waals surface area contributed by atoms with Crippen LogP contribution in [0.2, 0.25) is 0 Å². The molecule has 0 aliphatic carbocycles. The molecular formula is C9H16N4O2. The summed E-state index contributed by atoms with van der Waals surface area (Å²) in [6, 6.07) is 0. The molecule has 1 amide bonds. The van der Waals surface area contributed by atoms with Gasteiger partial charge in [-0.25, -0.2) is 0 Å². The molecular weight excluding hydrogens is 196 g/mol. The van der Waals surface area contributed by atoms with E-state index in [0.29, 0.717) is 19.5 Å². The molecule has 0 spiro atoms. The third kappa shape index (κ3) is 2.61. The highest BCUT2D eigenvalue weighted by atomic mass is 16.3. The maximum Gasteiger partial charge on any atom is 0.223 e. The van der Waals surface area contributed by atoms with E-state index in [2.05, 4.69) is 10.0 Å². The van der Waals surface area contributed by atoms with E-state index in [-0.39, 0.29) is 18.4 Å². The summed E-state index contributed by atoms with van der Waals surface area (Å²) in [4.78, 5) is 16.0. The molecule has 0 aromatic carbocycles. The van der Waals surface area contributed by atoms with E-state index in [4.69, 9.17) is 10.6 Å². The van der Waals surface area contributed by atoms with Crippen LogP contribution in [0.1, 0.15) is 20.3 Å². The fraction of sp³-hybridized carbons (Fsp3) is 0.889. The van der Waals surface area contributed by atoms with Crippen LogP contribution in [0.25, 0.3) is 10.4 Å². The zero-order valence-electron chi connectivity index (χ0n) is 9.05. The molecule has 6 heteroatoms. The van der Waals surface area contributed by atoms with Crippen LogP contribution in [0.15, 0.2) is 5.11 Å². The number of likely N-dealkylation sites (tertiary alicyclic amines) is 1.